The monoisotopic (exact) mass is 274 g/mol. The van der Waals surface area contributed by atoms with Crippen molar-refractivity contribution in [2.24, 2.45) is 0 Å². The molecule has 3 aromatic carbocycles. The fourth-order valence-electron chi connectivity index (χ4n) is 3.25. The fraction of sp³-hybridized carbons (Fsp3) is 0.238. The van der Waals surface area contributed by atoms with E-state index in [0.29, 0.717) is 0 Å². The molecule has 0 nitrogen and oxygen atoms in total. The van der Waals surface area contributed by atoms with Gasteiger partial charge in [0, 0.05) is 0 Å². The Kier molecular flexibility index (Phi) is 3.55. The largest absolute Gasteiger partial charge is 0.0683 e. The SMILES string of the molecule is CC.CC1=Cc2c(ccc3cc4c(C)cccc4cc23)C1. The Morgan fingerprint density at radius 2 is 1.52 bits per heavy atom. The average molecular weight is 274 g/mol. The highest BCUT2D eigenvalue weighted by Gasteiger charge is 2.13. The summed E-state index contributed by atoms with van der Waals surface area (Å²) in [6.07, 6.45) is 3.45. The molecule has 1 aliphatic rings. The summed E-state index contributed by atoms with van der Waals surface area (Å²) in [5.74, 6) is 0. The molecule has 0 radical (unpaired) electrons. The highest BCUT2D eigenvalue weighted by atomic mass is 14.2. The van der Waals surface area contributed by atoms with Gasteiger partial charge in [0.1, 0.15) is 0 Å². The normalized spacial score (nSPS) is 12.9. The van der Waals surface area contributed by atoms with E-state index in [-0.39, 0.29) is 0 Å². The molecule has 3 aromatic rings. The number of hydrogen-bond acceptors (Lipinski definition) is 0. The number of benzene rings is 3. The molecular weight excluding hydrogens is 252 g/mol. The van der Waals surface area contributed by atoms with Crippen LogP contribution in [0.5, 0.6) is 0 Å². The molecule has 106 valence electrons. The molecule has 0 fully saturated rings. The molecule has 0 bridgehead atoms. The Hall–Kier alpha value is -2.08. The van der Waals surface area contributed by atoms with Gasteiger partial charge in [-0.25, -0.2) is 0 Å². The molecular formula is C21H22. The van der Waals surface area contributed by atoms with Crippen LogP contribution in [0.3, 0.4) is 0 Å². The first kappa shape index (κ1) is 13.9. The number of hydrogen-bond donors (Lipinski definition) is 0. The topological polar surface area (TPSA) is 0 Å². The standard InChI is InChI=1S/C19H16.C2H6/c1-12-8-15-6-7-16-10-17-13(2)4-3-5-14(17)11-19(16)18(15)9-12;1-2/h3-7,9-11H,8H2,1-2H3;1-2H3. The quantitative estimate of drug-likeness (QED) is 0.423. The lowest BCUT2D eigenvalue weighted by atomic mass is 9.96. The second-order valence-corrected chi connectivity index (χ2v) is 5.68. The second-order valence-electron chi connectivity index (χ2n) is 5.68. The van der Waals surface area contributed by atoms with Crippen molar-refractivity contribution in [2.75, 3.05) is 0 Å². The molecule has 0 saturated carbocycles. The molecule has 21 heavy (non-hydrogen) atoms. The molecule has 0 heteroatoms. The van der Waals surface area contributed by atoms with Gasteiger partial charge >= 0.3 is 0 Å². The van der Waals surface area contributed by atoms with Crippen LogP contribution in [-0.4, -0.2) is 0 Å². The molecule has 1 aliphatic carbocycles. The van der Waals surface area contributed by atoms with Gasteiger partial charge in [-0.3, -0.25) is 0 Å². The van der Waals surface area contributed by atoms with Crippen molar-refractivity contribution in [1.82, 2.24) is 0 Å². The summed E-state index contributed by atoms with van der Waals surface area (Å²) in [6, 6.07) is 15.8. The van der Waals surface area contributed by atoms with Gasteiger partial charge < -0.3 is 0 Å². The van der Waals surface area contributed by atoms with Crippen molar-refractivity contribution in [1.29, 1.82) is 0 Å². The molecule has 0 aromatic heterocycles. The number of rotatable bonds is 0. The van der Waals surface area contributed by atoms with E-state index in [2.05, 4.69) is 62.4 Å². The molecule has 0 saturated heterocycles. The van der Waals surface area contributed by atoms with E-state index in [1.54, 1.807) is 0 Å². The minimum atomic E-state index is 1.11. The van der Waals surface area contributed by atoms with E-state index >= 15 is 0 Å². The van der Waals surface area contributed by atoms with Crippen molar-refractivity contribution >= 4 is 27.6 Å². The zero-order valence-electron chi connectivity index (χ0n) is 13.3. The number of fused-ring (bicyclic) bond motifs is 4. The summed E-state index contributed by atoms with van der Waals surface area (Å²) >= 11 is 0. The first-order valence-corrected chi connectivity index (χ1v) is 7.84. The van der Waals surface area contributed by atoms with Gasteiger partial charge in [-0.1, -0.05) is 55.8 Å². The maximum absolute atomic E-state index is 2.35. The maximum atomic E-state index is 2.35. The molecule has 0 spiro atoms. The third-order valence-corrected chi connectivity index (χ3v) is 4.23. The van der Waals surface area contributed by atoms with Crippen LogP contribution in [0, 0.1) is 6.92 Å². The van der Waals surface area contributed by atoms with Crippen molar-refractivity contribution in [3.63, 3.8) is 0 Å². The predicted octanol–water partition coefficient (Wildman–Crippen LogP) is 6.29. The van der Waals surface area contributed by atoms with E-state index < -0.39 is 0 Å². The van der Waals surface area contributed by atoms with Crippen molar-refractivity contribution in [3.8, 4) is 0 Å². The summed E-state index contributed by atoms with van der Waals surface area (Å²) in [6.45, 7) is 8.41. The van der Waals surface area contributed by atoms with Gasteiger partial charge in [0.2, 0.25) is 0 Å². The van der Waals surface area contributed by atoms with Crippen LogP contribution < -0.4 is 0 Å². The van der Waals surface area contributed by atoms with Gasteiger partial charge in [-0.05, 0) is 70.6 Å². The molecule has 0 amide bonds. The molecule has 4 rings (SSSR count). The molecule has 0 aliphatic heterocycles. The lowest BCUT2D eigenvalue weighted by molar-refractivity contribution is 1.20. The Balaban J connectivity index is 0.000000636. The van der Waals surface area contributed by atoms with Gasteiger partial charge in [-0.15, -0.1) is 0 Å². The molecule has 0 N–H and O–H groups in total. The third-order valence-electron chi connectivity index (χ3n) is 4.23. The minimum Gasteiger partial charge on any atom is -0.0683 e. The average Bonchev–Trinajstić information content (AvgIpc) is 2.89. The molecule has 0 atom stereocenters. The van der Waals surface area contributed by atoms with Crippen LogP contribution in [0.2, 0.25) is 0 Å². The maximum Gasteiger partial charge on any atom is -0.00604 e. The highest BCUT2D eigenvalue weighted by molar-refractivity contribution is 6.04. The second kappa shape index (κ2) is 5.37. The van der Waals surface area contributed by atoms with Gasteiger partial charge in [0.25, 0.3) is 0 Å². The third kappa shape index (κ3) is 2.25. The van der Waals surface area contributed by atoms with Crippen molar-refractivity contribution in [2.45, 2.75) is 34.1 Å². The van der Waals surface area contributed by atoms with Crippen LogP contribution in [0.4, 0.5) is 0 Å². The smallest absolute Gasteiger partial charge is 0.00604 e. The Labute approximate surface area is 127 Å². The van der Waals surface area contributed by atoms with Crippen LogP contribution in [0.15, 0.2) is 48.0 Å². The van der Waals surface area contributed by atoms with Crippen molar-refractivity contribution < 1.29 is 0 Å². The minimum absolute atomic E-state index is 1.11. The van der Waals surface area contributed by atoms with E-state index in [4.69, 9.17) is 0 Å². The van der Waals surface area contributed by atoms with Crippen LogP contribution in [0.25, 0.3) is 27.6 Å². The van der Waals surface area contributed by atoms with Crippen LogP contribution >= 0.6 is 0 Å². The van der Waals surface area contributed by atoms with Gasteiger partial charge in [0.05, 0.1) is 0 Å². The zero-order valence-corrected chi connectivity index (χ0v) is 13.3. The van der Waals surface area contributed by atoms with E-state index in [1.807, 2.05) is 13.8 Å². The zero-order chi connectivity index (χ0) is 15.0. The van der Waals surface area contributed by atoms with Gasteiger partial charge in [-0.2, -0.15) is 0 Å². The summed E-state index contributed by atoms with van der Waals surface area (Å²) in [7, 11) is 0. The van der Waals surface area contributed by atoms with E-state index in [1.165, 1.54) is 43.8 Å². The van der Waals surface area contributed by atoms with Crippen molar-refractivity contribution in [3.05, 3.63) is 64.7 Å². The Morgan fingerprint density at radius 1 is 0.810 bits per heavy atom. The summed E-state index contributed by atoms with van der Waals surface area (Å²) in [5.41, 5.74) is 5.72. The molecule has 0 heterocycles. The Bertz CT molecular complexity index is 851. The van der Waals surface area contributed by atoms with E-state index in [9.17, 15) is 0 Å². The summed E-state index contributed by atoms with van der Waals surface area (Å²) < 4.78 is 0. The first-order chi connectivity index (χ1) is 10.2. The summed E-state index contributed by atoms with van der Waals surface area (Å²) in [5, 5.41) is 5.46. The Morgan fingerprint density at radius 3 is 2.33 bits per heavy atom. The lowest BCUT2D eigenvalue weighted by Crippen LogP contribution is -1.86. The highest BCUT2D eigenvalue weighted by Crippen LogP contribution is 2.34. The van der Waals surface area contributed by atoms with Crippen LogP contribution in [0.1, 0.15) is 37.5 Å². The molecule has 0 unspecified atom stereocenters. The van der Waals surface area contributed by atoms with Gasteiger partial charge in [0.15, 0.2) is 0 Å². The first-order valence-electron chi connectivity index (χ1n) is 7.84. The fourth-order valence-corrected chi connectivity index (χ4v) is 3.25. The predicted molar refractivity (Wildman–Crippen MR) is 94.9 cm³/mol. The lowest BCUT2D eigenvalue weighted by Gasteiger charge is -2.08. The number of aryl methyl sites for hydroxylation is 1. The number of allylic oxidation sites excluding steroid dienone is 1. The summed E-state index contributed by atoms with van der Waals surface area (Å²) in [4.78, 5) is 0. The van der Waals surface area contributed by atoms with Crippen LogP contribution in [-0.2, 0) is 6.42 Å². The van der Waals surface area contributed by atoms with E-state index in [0.717, 1.165) is 6.42 Å².